The fourth-order valence-electron chi connectivity index (χ4n) is 3.47. The Morgan fingerprint density at radius 3 is 2.90 bits per heavy atom. The molecule has 5 nitrogen and oxygen atoms in total. The van der Waals surface area contributed by atoms with Gasteiger partial charge < -0.3 is 10.7 Å². The van der Waals surface area contributed by atoms with E-state index < -0.39 is 0 Å². The zero-order valence-electron chi connectivity index (χ0n) is 11.6. The first-order valence-electron chi connectivity index (χ1n) is 7.40. The topological polar surface area (TPSA) is 70.4 Å². The third-order valence-electron chi connectivity index (χ3n) is 4.50. The molecule has 0 bridgehead atoms. The molecule has 1 aromatic carbocycles. The van der Waals surface area contributed by atoms with Crippen molar-refractivity contribution in [1.82, 2.24) is 10.2 Å². The number of piperidine rings is 1. The lowest BCUT2D eigenvalue weighted by molar-refractivity contribution is 0.0916. The molecular weight excluding hydrogens is 252 g/mol. The zero-order chi connectivity index (χ0) is 13.9. The van der Waals surface area contributed by atoms with Gasteiger partial charge in [-0.25, -0.2) is 0 Å². The maximum absolute atomic E-state index is 12.4. The van der Waals surface area contributed by atoms with Gasteiger partial charge in [0.05, 0.1) is 11.3 Å². The number of nitrogen functional groups attached to an aromatic ring is 1. The van der Waals surface area contributed by atoms with Crippen LogP contribution in [0, 0.1) is 0 Å². The summed E-state index contributed by atoms with van der Waals surface area (Å²) >= 11 is 0. The lowest BCUT2D eigenvalue weighted by Crippen LogP contribution is -2.46. The minimum absolute atomic E-state index is 0.0315. The molecule has 20 heavy (non-hydrogen) atoms. The van der Waals surface area contributed by atoms with Crippen molar-refractivity contribution in [3.63, 3.8) is 0 Å². The first kappa shape index (κ1) is 13.4. The highest BCUT2D eigenvalue weighted by atomic mass is 16.1. The molecule has 2 saturated heterocycles. The fraction of sp³-hybridized carbons (Fsp3) is 0.533. The molecule has 108 valence electrons. The Morgan fingerprint density at radius 1 is 1.20 bits per heavy atom. The van der Waals surface area contributed by atoms with Crippen LogP contribution in [0.2, 0.25) is 0 Å². The molecule has 2 heterocycles. The summed E-state index contributed by atoms with van der Waals surface area (Å²) in [7, 11) is 0. The van der Waals surface area contributed by atoms with Gasteiger partial charge in [-0.1, -0.05) is 18.6 Å². The van der Waals surface area contributed by atoms with E-state index in [1.807, 2.05) is 18.2 Å². The maximum atomic E-state index is 12.4. The number of nitrogens with zero attached hydrogens (tertiary/aromatic N) is 1. The highest BCUT2D eigenvalue weighted by Gasteiger charge is 2.36. The third kappa shape index (κ3) is 2.51. The van der Waals surface area contributed by atoms with Crippen molar-refractivity contribution in [3.05, 3.63) is 29.8 Å². The molecule has 2 aliphatic rings. The smallest absolute Gasteiger partial charge is 0.253 e. The van der Waals surface area contributed by atoms with E-state index in [0.29, 0.717) is 17.3 Å². The summed E-state index contributed by atoms with van der Waals surface area (Å²) in [5, 5.41) is 3.19. The zero-order valence-corrected chi connectivity index (χ0v) is 11.6. The molecule has 0 aromatic heterocycles. The molecule has 1 amide bonds. The first-order chi connectivity index (χ1) is 9.79. The number of hydrazine groups is 1. The minimum Gasteiger partial charge on any atom is -0.348 e. The summed E-state index contributed by atoms with van der Waals surface area (Å²) in [6.07, 6.45) is 4.81. The Labute approximate surface area is 119 Å². The standard InChI is InChI=1S/C15H22N4O/c16-18-12-6-2-1-5-11(12)15(20)17-13-8-10-19-9-4-3-7-14(13)19/h1-2,5-6,13-14,18H,3-4,7-10,16H2,(H,17,20). The van der Waals surface area contributed by atoms with Crippen LogP contribution in [0.5, 0.6) is 0 Å². The Bertz CT molecular complexity index is 491. The number of fused-ring (bicyclic) bond motifs is 1. The maximum Gasteiger partial charge on any atom is 0.253 e. The van der Waals surface area contributed by atoms with Crippen molar-refractivity contribution < 1.29 is 4.79 Å². The Morgan fingerprint density at radius 2 is 2.05 bits per heavy atom. The van der Waals surface area contributed by atoms with E-state index in [9.17, 15) is 4.79 Å². The highest BCUT2D eigenvalue weighted by molar-refractivity contribution is 5.99. The van der Waals surface area contributed by atoms with Gasteiger partial charge in [0.1, 0.15) is 0 Å². The number of anilines is 1. The molecular formula is C15H22N4O. The monoisotopic (exact) mass is 274 g/mol. The van der Waals surface area contributed by atoms with Crippen LogP contribution < -0.4 is 16.6 Å². The van der Waals surface area contributed by atoms with Crippen LogP contribution in [0.15, 0.2) is 24.3 Å². The van der Waals surface area contributed by atoms with Crippen LogP contribution in [0.25, 0.3) is 0 Å². The summed E-state index contributed by atoms with van der Waals surface area (Å²) in [6, 6.07) is 8.13. The van der Waals surface area contributed by atoms with Gasteiger partial charge in [0.25, 0.3) is 5.91 Å². The SMILES string of the molecule is NNc1ccccc1C(=O)NC1CCN2CCCCC12. The highest BCUT2D eigenvalue weighted by Crippen LogP contribution is 2.27. The van der Waals surface area contributed by atoms with E-state index in [2.05, 4.69) is 15.6 Å². The molecule has 2 atom stereocenters. The number of hydrogen-bond acceptors (Lipinski definition) is 4. The molecule has 5 heteroatoms. The molecule has 2 aliphatic heterocycles. The van der Waals surface area contributed by atoms with Gasteiger partial charge in [0.2, 0.25) is 0 Å². The van der Waals surface area contributed by atoms with Crippen molar-refractivity contribution in [1.29, 1.82) is 0 Å². The number of rotatable bonds is 3. The van der Waals surface area contributed by atoms with Gasteiger partial charge in [0, 0.05) is 18.6 Å². The number of nitrogens with two attached hydrogens (primary N) is 1. The van der Waals surface area contributed by atoms with E-state index in [4.69, 9.17) is 5.84 Å². The van der Waals surface area contributed by atoms with Crippen molar-refractivity contribution in [2.75, 3.05) is 18.5 Å². The van der Waals surface area contributed by atoms with Crippen molar-refractivity contribution in [2.45, 2.75) is 37.8 Å². The number of para-hydroxylation sites is 1. The van der Waals surface area contributed by atoms with E-state index in [1.54, 1.807) is 6.07 Å². The van der Waals surface area contributed by atoms with Gasteiger partial charge in [-0.15, -0.1) is 0 Å². The Hall–Kier alpha value is -1.59. The van der Waals surface area contributed by atoms with Gasteiger partial charge in [-0.2, -0.15) is 0 Å². The van der Waals surface area contributed by atoms with Crippen LogP contribution in [0.1, 0.15) is 36.0 Å². The summed E-state index contributed by atoms with van der Waals surface area (Å²) in [5.74, 6) is 5.43. The quantitative estimate of drug-likeness (QED) is 0.574. The van der Waals surface area contributed by atoms with Crippen LogP contribution in [-0.4, -0.2) is 36.0 Å². The van der Waals surface area contributed by atoms with Gasteiger partial charge >= 0.3 is 0 Å². The van der Waals surface area contributed by atoms with Crippen LogP contribution in [-0.2, 0) is 0 Å². The average Bonchev–Trinajstić information content (AvgIpc) is 2.90. The number of benzene rings is 1. The predicted molar refractivity (Wildman–Crippen MR) is 79.3 cm³/mol. The van der Waals surface area contributed by atoms with Crippen molar-refractivity contribution in [3.8, 4) is 0 Å². The second kappa shape index (κ2) is 5.81. The molecule has 2 unspecified atom stereocenters. The molecule has 0 spiro atoms. The van der Waals surface area contributed by atoms with Crippen molar-refractivity contribution >= 4 is 11.6 Å². The molecule has 3 rings (SSSR count). The predicted octanol–water partition coefficient (Wildman–Crippen LogP) is 1.33. The summed E-state index contributed by atoms with van der Waals surface area (Å²) in [4.78, 5) is 14.9. The Balaban J connectivity index is 1.70. The normalized spacial score (nSPS) is 26.1. The molecule has 2 fully saturated rings. The molecule has 4 N–H and O–H groups in total. The number of carbonyl (C=O) groups is 1. The van der Waals surface area contributed by atoms with Crippen LogP contribution >= 0.6 is 0 Å². The summed E-state index contributed by atoms with van der Waals surface area (Å²) in [6.45, 7) is 2.28. The fourth-order valence-corrected chi connectivity index (χ4v) is 3.47. The summed E-state index contributed by atoms with van der Waals surface area (Å²) in [5.41, 5.74) is 3.87. The molecule has 0 aliphatic carbocycles. The number of amides is 1. The van der Waals surface area contributed by atoms with Gasteiger partial charge in [-0.05, 0) is 37.9 Å². The third-order valence-corrected chi connectivity index (χ3v) is 4.50. The van der Waals surface area contributed by atoms with E-state index in [-0.39, 0.29) is 11.9 Å². The number of nitrogens with one attached hydrogen (secondary N) is 2. The molecule has 0 saturated carbocycles. The lowest BCUT2D eigenvalue weighted by Gasteiger charge is -2.32. The summed E-state index contributed by atoms with van der Waals surface area (Å²) < 4.78 is 0. The van der Waals surface area contributed by atoms with E-state index in [0.717, 1.165) is 13.0 Å². The minimum atomic E-state index is -0.0315. The van der Waals surface area contributed by atoms with Crippen molar-refractivity contribution in [2.24, 2.45) is 5.84 Å². The van der Waals surface area contributed by atoms with Crippen LogP contribution in [0.3, 0.4) is 0 Å². The van der Waals surface area contributed by atoms with Gasteiger partial charge in [0.15, 0.2) is 0 Å². The van der Waals surface area contributed by atoms with E-state index in [1.165, 1.54) is 25.8 Å². The van der Waals surface area contributed by atoms with E-state index >= 15 is 0 Å². The Kier molecular flexibility index (Phi) is 3.89. The largest absolute Gasteiger partial charge is 0.348 e. The molecule has 0 radical (unpaired) electrons. The van der Waals surface area contributed by atoms with Gasteiger partial charge in [-0.3, -0.25) is 15.5 Å². The lowest BCUT2D eigenvalue weighted by atomic mass is 9.98. The van der Waals surface area contributed by atoms with Crippen LogP contribution in [0.4, 0.5) is 5.69 Å². The first-order valence-corrected chi connectivity index (χ1v) is 7.40. The second-order valence-electron chi connectivity index (χ2n) is 5.66. The average molecular weight is 274 g/mol. The number of carbonyl (C=O) groups excluding carboxylic acids is 1. The number of hydrogen-bond donors (Lipinski definition) is 3. The molecule has 1 aromatic rings. The second-order valence-corrected chi connectivity index (χ2v) is 5.66.